The second kappa shape index (κ2) is 5.70. The largest absolute Gasteiger partial charge is 0.508 e. The molecular weight excluding hydrogens is 244 g/mol. The van der Waals surface area contributed by atoms with Crippen LogP contribution in [0.3, 0.4) is 0 Å². The molecule has 0 fully saturated rings. The number of rotatable bonds is 3. The Balaban J connectivity index is 2.38. The average Bonchev–Trinajstić information content (AvgIpc) is 2.35. The summed E-state index contributed by atoms with van der Waals surface area (Å²) < 4.78 is 0. The summed E-state index contributed by atoms with van der Waals surface area (Å²) in [5.41, 5.74) is 7.26. The van der Waals surface area contributed by atoms with E-state index in [2.05, 4.69) is 52.8 Å². The van der Waals surface area contributed by atoms with Gasteiger partial charge in [-0.25, -0.2) is 0 Å². The topological polar surface area (TPSA) is 20.2 Å². The molecule has 1 N–H and O–H groups in total. The maximum Gasteiger partial charge on any atom is 0.119 e. The van der Waals surface area contributed by atoms with Crippen LogP contribution in [0.25, 0.3) is 0 Å². The highest BCUT2D eigenvalue weighted by Crippen LogP contribution is 2.28. The van der Waals surface area contributed by atoms with Crippen molar-refractivity contribution in [2.24, 2.45) is 0 Å². The molecule has 1 radical (unpaired) electrons. The summed E-state index contributed by atoms with van der Waals surface area (Å²) in [6, 6.07) is 10.2. The third kappa shape index (κ3) is 3.04. The van der Waals surface area contributed by atoms with E-state index in [9.17, 15) is 5.11 Å². The number of hydrogen-bond acceptors (Lipinski definition) is 1. The minimum Gasteiger partial charge on any atom is -0.508 e. The van der Waals surface area contributed by atoms with Crippen LogP contribution in [0.5, 0.6) is 5.75 Å². The van der Waals surface area contributed by atoms with Crippen LogP contribution in [0, 0.1) is 20.8 Å². The molecule has 2 aromatic rings. The zero-order chi connectivity index (χ0) is 14.9. The highest BCUT2D eigenvalue weighted by molar-refractivity contribution is 5.44. The first-order chi connectivity index (χ1) is 9.38. The Hall–Kier alpha value is -1.76. The number of phenols is 1. The van der Waals surface area contributed by atoms with Crippen LogP contribution in [0.2, 0.25) is 0 Å². The number of aryl methyl sites for hydroxylation is 2. The van der Waals surface area contributed by atoms with Gasteiger partial charge in [-0.15, -0.1) is 0 Å². The molecule has 1 heteroatoms. The Morgan fingerprint density at radius 2 is 1.65 bits per heavy atom. The lowest BCUT2D eigenvalue weighted by atomic mass is 9.92. The van der Waals surface area contributed by atoms with Gasteiger partial charge in [0, 0.05) is 0 Å². The monoisotopic (exact) mass is 267 g/mol. The van der Waals surface area contributed by atoms with E-state index in [1.54, 1.807) is 0 Å². The highest BCUT2D eigenvalue weighted by Gasteiger charge is 2.09. The van der Waals surface area contributed by atoms with Crippen molar-refractivity contribution < 1.29 is 5.11 Å². The molecule has 0 heterocycles. The van der Waals surface area contributed by atoms with Crippen LogP contribution < -0.4 is 0 Å². The summed E-state index contributed by atoms with van der Waals surface area (Å²) in [6.45, 7) is 12.5. The Labute approximate surface area is 122 Å². The molecule has 0 atom stereocenters. The molecule has 0 aliphatic carbocycles. The summed E-state index contributed by atoms with van der Waals surface area (Å²) in [6.07, 6.45) is 0.901. The lowest BCUT2D eigenvalue weighted by molar-refractivity contribution is 0.464. The molecule has 0 aliphatic heterocycles. The number of benzene rings is 2. The molecule has 20 heavy (non-hydrogen) atoms. The maximum absolute atomic E-state index is 9.91. The quantitative estimate of drug-likeness (QED) is 0.838. The summed E-state index contributed by atoms with van der Waals surface area (Å²) in [7, 11) is 0. The Kier molecular flexibility index (Phi) is 4.17. The first-order valence-corrected chi connectivity index (χ1v) is 7.12. The van der Waals surface area contributed by atoms with Gasteiger partial charge in [-0.2, -0.15) is 0 Å². The molecule has 0 bridgehead atoms. The SMILES string of the molecule is [CH2]c1cc(C)c(Cc2ccc(O)c(C(C)C)c2)c(C)c1. The molecule has 105 valence electrons. The third-order valence-electron chi connectivity index (χ3n) is 3.85. The molecule has 0 aliphatic rings. The van der Waals surface area contributed by atoms with Crippen molar-refractivity contribution in [3.63, 3.8) is 0 Å². The van der Waals surface area contributed by atoms with Crippen molar-refractivity contribution in [3.8, 4) is 5.75 Å². The fraction of sp³-hybridized carbons (Fsp3) is 0.316. The average molecular weight is 267 g/mol. The standard InChI is InChI=1S/C19H23O/c1-12(2)17-10-16(6-7-19(17)20)11-18-14(4)8-13(3)9-15(18)5/h6-10,12,20H,3,11H2,1-2,4-5H3. The molecule has 0 saturated carbocycles. The van der Waals surface area contributed by atoms with E-state index >= 15 is 0 Å². The molecule has 0 saturated heterocycles. The van der Waals surface area contributed by atoms with Gasteiger partial charge in [0.25, 0.3) is 0 Å². The lowest BCUT2D eigenvalue weighted by Gasteiger charge is -2.14. The second-order valence-electron chi connectivity index (χ2n) is 5.93. The Morgan fingerprint density at radius 1 is 1.05 bits per heavy atom. The van der Waals surface area contributed by atoms with Crippen LogP contribution >= 0.6 is 0 Å². The molecular formula is C19H23O. The van der Waals surface area contributed by atoms with Gasteiger partial charge in [-0.1, -0.05) is 38.1 Å². The summed E-state index contributed by atoms with van der Waals surface area (Å²) >= 11 is 0. The maximum atomic E-state index is 9.91. The van der Waals surface area contributed by atoms with Gasteiger partial charge in [0.05, 0.1) is 0 Å². The van der Waals surface area contributed by atoms with Crippen molar-refractivity contribution in [2.75, 3.05) is 0 Å². The first kappa shape index (κ1) is 14.6. The van der Waals surface area contributed by atoms with Crippen LogP contribution in [0.1, 0.15) is 53.1 Å². The van der Waals surface area contributed by atoms with E-state index in [1.807, 2.05) is 12.1 Å². The summed E-state index contributed by atoms with van der Waals surface area (Å²) in [5.74, 6) is 0.727. The number of aromatic hydroxyl groups is 1. The van der Waals surface area contributed by atoms with E-state index in [-0.39, 0.29) is 0 Å². The number of hydrogen-bond donors (Lipinski definition) is 1. The molecule has 0 unspecified atom stereocenters. The van der Waals surface area contributed by atoms with E-state index < -0.39 is 0 Å². The van der Waals surface area contributed by atoms with Crippen LogP contribution in [0.15, 0.2) is 30.3 Å². The van der Waals surface area contributed by atoms with E-state index in [0.717, 1.165) is 17.5 Å². The van der Waals surface area contributed by atoms with Gasteiger partial charge in [0.1, 0.15) is 5.75 Å². The molecule has 0 amide bonds. The van der Waals surface area contributed by atoms with Gasteiger partial charge < -0.3 is 5.11 Å². The first-order valence-electron chi connectivity index (χ1n) is 7.12. The Morgan fingerprint density at radius 3 is 2.20 bits per heavy atom. The minimum atomic E-state index is 0.333. The zero-order valence-corrected chi connectivity index (χ0v) is 12.8. The van der Waals surface area contributed by atoms with Crippen molar-refractivity contribution in [3.05, 3.63) is 70.6 Å². The van der Waals surface area contributed by atoms with Crippen molar-refractivity contribution >= 4 is 0 Å². The molecule has 2 rings (SSSR count). The smallest absolute Gasteiger partial charge is 0.119 e. The van der Waals surface area contributed by atoms with Crippen molar-refractivity contribution in [1.29, 1.82) is 0 Å². The summed E-state index contributed by atoms with van der Waals surface area (Å²) in [5, 5.41) is 9.91. The minimum absolute atomic E-state index is 0.333. The fourth-order valence-corrected chi connectivity index (χ4v) is 2.74. The predicted molar refractivity (Wildman–Crippen MR) is 85.4 cm³/mol. The Bertz CT molecular complexity index is 601. The van der Waals surface area contributed by atoms with Crippen LogP contribution in [-0.2, 0) is 6.42 Å². The molecule has 0 aromatic heterocycles. The number of phenolic OH excluding ortho intramolecular Hbond substituents is 1. The zero-order valence-electron chi connectivity index (χ0n) is 12.8. The van der Waals surface area contributed by atoms with E-state index in [4.69, 9.17) is 0 Å². The van der Waals surface area contributed by atoms with Gasteiger partial charge in [0.15, 0.2) is 0 Å². The van der Waals surface area contributed by atoms with Crippen LogP contribution in [0.4, 0.5) is 0 Å². The van der Waals surface area contributed by atoms with Crippen molar-refractivity contribution in [1.82, 2.24) is 0 Å². The lowest BCUT2D eigenvalue weighted by Crippen LogP contribution is -1.98. The normalized spacial score (nSPS) is 11.1. The molecule has 2 aromatic carbocycles. The molecule has 0 spiro atoms. The van der Waals surface area contributed by atoms with E-state index in [1.165, 1.54) is 22.3 Å². The predicted octanol–water partition coefficient (Wildman–Crippen LogP) is 4.91. The van der Waals surface area contributed by atoms with E-state index in [0.29, 0.717) is 11.7 Å². The van der Waals surface area contributed by atoms with Gasteiger partial charge in [-0.05, 0) is 72.6 Å². The van der Waals surface area contributed by atoms with Crippen molar-refractivity contribution in [2.45, 2.75) is 40.0 Å². The van der Waals surface area contributed by atoms with Gasteiger partial charge in [-0.3, -0.25) is 0 Å². The van der Waals surface area contributed by atoms with Gasteiger partial charge in [0.2, 0.25) is 0 Å². The fourth-order valence-electron chi connectivity index (χ4n) is 2.74. The third-order valence-corrected chi connectivity index (χ3v) is 3.85. The second-order valence-corrected chi connectivity index (χ2v) is 5.93. The summed E-state index contributed by atoms with van der Waals surface area (Å²) in [4.78, 5) is 0. The van der Waals surface area contributed by atoms with Gasteiger partial charge >= 0.3 is 0 Å². The highest BCUT2D eigenvalue weighted by atomic mass is 16.3. The molecule has 1 nitrogen and oxygen atoms in total. The van der Waals surface area contributed by atoms with Crippen LogP contribution in [-0.4, -0.2) is 5.11 Å².